The van der Waals surface area contributed by atoms with Gasteiger partial charge in [0.25, 0.3) is 0 Å². The van der Waals surface area contributed by atoms with Crippen LogP contribution in [0.15, 0.2) is 46.7 Å². The van der Waals surface area contributed by atoms with Crippen molar-refractivity contribution in [2.24, 2.45) is 5.73 Å². The van der Waals surface area contributed by atoms with Crippen LogP contribution < -0.4 is 5.73 Å². The zero-order valence-electron chi connectivity index (χ0n) is 9.30. The van der Waals surface area contributed by atoms with E-state index in [-0.39, 0.29) is 11.9 Å². The van der Waals surface area contributed by atoms with Gasteiger partial charge in [-0.3, -0.25) is 4.98 Å². The molecule has 0 aliphatic heterocycles. The fourth-order valence-electron chi connectivity index (χ4n) is 1.33. The van der Waals surface area contributed by atoms with Crippen LogP contribution in [0.1, 0.15) is 18.5 Å². The highest BCUT2D eigenvalue weighted by Gasteiger charge is 2.08. The van der Waals surface area contributed by atoms with E-state index in [4.69, 9.17) is 5.73 Å². The standard InChI is InChI=1S/C12H12FN3S/c1-8(14)9-2-3-11(10(13)6-9)17-12-7-15-4-5-16-12/h2-8H,14H2,1H3/t8-/m0/s1. The van der Waals surface area contributed by atoms with E-state index in [1.165, 1.54) is 17.8 Å². The van der Waals surface area contributed by atoms with Gasteiger partial charge in [-0.25, -0.2) is 9.37 Å². The van der Waals surface area contributed by atoms with Gasteiger partial charge in [-0.2, -0.15) is 0 Å². The van der Waals surface area contributed by atoms with Crippen LogP contribution in [0.4, 0.5) is 4.39 Å². The van der Waals surface area contributed by atoms with Gasteiger partial charge in [0.05, 0.1) is 6.20 Å². The summed E-state index contributed by atoms with van der Waals surface area (Å²) in [6.45, 7) is 1.82. The number of benzene rings is 1. The largest absolute Gasteiger partial charge is 0.324 e. The summed E-state index contributed by atoms with van der Waals surface area (Å²) >= 11 is 1.25. The Balaban J connectivity index is 2.23. The van der Waals surface area contributed by atoms with Crippen molar-refractivity contribution in [3.8, 4) is 0 Å². The summed E-state index contributed by atoms with van der Waals surface area (Å²) in [4.78, 5) is 8.54. The molecule has 3 nitrogen and oxygen atoms in total. The first kappa shape index (κ1) is 12.0. The van der Waals surface area contributed by atoms with Gasteiger partial charge in [-0.1, -0.05) is 17.8 Å². The molecule has 0 amide bonds. The molecule has 1 aromatic carbocycles. The molecule has 0 saturated heterocycles. The van der Waals surface area contributed by atoms with Crippen LogP contribution in [0.5, 0.6) is 0 Å². The molecule has 0 radical (unpaired) electrons. The van der Waals surface area contributed by atoms with Gasteiger partial charge < -0.3 is 5.73 Å². The Bertz CT molecular complexity index is 502. The molecule has 17 heavy (non-hydrogen) atoms. The van der Waals surface area contributed by atoms with Gasteiger partial charge in [0.15, 0.2) is 0 Å². The van der Waals surface area contributed by atoms with Gasteiger partial charge in [0, 0.05) is 23.3 Å². The lowest BCUT2D eigenvalue weighted by Gasteiger charge is -2.07. The summed E-state index contributed by atoms with van der Waals surface area (Å²) in [5.74, 6) is -0.282. The fourth-order valence-corrected chi connectivity index (χ4v) is 2.08. The molecule has 0 saturated carbocycles. The molecule has 0 fully saturated rings. The summed E-state index contributed by atoms with van der Waals surface area (Å²) in [6, 6.07) is 4.84. The zero-order chi connectivity index (χ0) is 12.3. The Morgan fingerprint density at radius 1 is 1.35 bits per heavy atom. The van der Waals surface area contributed by atoms with Crippen molar-refractivity contribution in [3.63, 3.8) is 0 Å². The minimum atomic E-state index is -0.282. The highest BCUT2D eigenvalue weighted by molar-refractivity contribution is 7.99. The first-order chi connectivity index (χ1) is 8.16. The lowest BCUT2D eigenvalue weighted by Crippen LogP contribution is -2.05. The SMILES string of the molecule is C[C@H](N)c1ccc(Sc2cnccn2)c(F)c1. The third-order valence-corrected chi connectivity index (χ3v) is 3.21. The maximum Gasteiger partial charge on any atom is 0.137 e. The minimum absolute atomic E-state index is 0.167. The van der Waals surface area contributed by atoms with Gasteiger partial charge >= 0.3 is 0 Å². The first-order valence-corrected chi connectivity index (χ1v) is 5.97. The second-order valence-corrected chi connectivity index (χ2v) is 4.69. The maximum absolute atomic E-state index is 13.8. The highest BCUT2D eigenvalue weighted by atomic mass is 32.2. The predicted molar refractivity (Wildman–Crippen MR) is 65.2 cm³/mol. The van der Waals surface area contributed by atoms with Gasteiger partial charge in [0.2, 0.25) is 0 Å². The number of hydrogen-bond acceptors (Lipinski definition) is 4. The molecule has 0 unspecified atom stereocenters. The smallest absolute Gasteiger partial charge is 0.137 e. The van der Waals surface area contributed by atoms with Crippen LogP contribution in [-0.4, -0.2) is 9.97 Å². The molecule has 0 aliphatic rings. The molecule has 1 aromatic heterocycles. The summed E-state index contributed by atoms with van der Waals surface area (Å²) in [7, 11) is 0. The van der Waals surface area contributed by atoms with E-state index in [1.54, 1.807) is 24.7 Å². The summed E-state index contributed by atoms with van der Waals surface area (Å²) in [5.41, 5.74) is 6.47. The molecular weight excluding hydrogens is 237 g/mol. The summed E-state index contributed by atoms with van der Waals surface area (Å²) < 4.78 is 13.8. The molecule has 0 aliphatic carbocycles. The van der Waals surface area contributed by atoms with Gasteiger partial charge in [-0.05, 0) is 24.6 Å². The van der Waals surface area contributed by atoms with Crippen LogP contribution in [0, 0.1) is 5.82 Å². The van der Waals surface area contributed by atoms with E-state index in [0.29, 0.717) is 9.92 Å². The quantitative estimate of drug-likeness (QED) is 0.908. The molecule has 1 atom stereocenters. The predicted octanol–water partition coefficient (Wildman–Crippen LogP) is 2.79. The van der Waals surface area contributed by atoms with Crippen molar-refractivity contribution >= 4 is 11.8 Å². The van der Waals surface area contributed by atoms with E-state index in [9.17, 15) is 4.39 Å². The van der Waals surface area contributed by atoms with Gasteiger partial charge in [-0.15, -0.1) is 0 Å². The van der Waals surface area contributed by atoms with Crippen molar-refractivity contribution in [2.75, 3.05) is 0 Å². The molecular formula is C12H12FN3S. The number of rotatable bonds is 3. The minimum Gasteiger partial charge on any atom is -0.324 e. The Kier molecular flexibility index (Phi) is 3.71. The number of halogens is 1. The zero-order valence-corrected chi connectivity index (χ0v) is 10.1. The molecule has 5 heteroatoms. The molecule has 0 bridgehead atoms. The number of hydrogen-bond donors (Lipinski definition) is 1. The third-order valence-electron chi connectivity index (χ3n) is 2.24. The maximum atomic E-state index is 13.8. The molecule has 1 heterocycles. The van der Waals surface area contributed by atoms with E-state index in [2.05, 4.69) is 9.97 Å². The average Bonchev–Trinajstić information content (AvgIpc) is 2.33. The van der Waals surface area contributed by atoms with Crippen molar-refractivity contribution in [1.82, 2.24) is 9.97 Å². The van der Waals surface area contributed by atoms with Crippen LogP contribution in [0.2, 0.25) is 0 Å². The van der Waals surface area contributed by atoms with Crippen molar-refractivity contribution < 1.29 is 4.39 Å². The topological polar surface area (TPSA) is 51.8 Å². The Hall–Kier alpha value is -1.46. The molecule has 2 rings (SSSR count). The van der Waals surface area contributed by atoms with E-state index < -0.39 is 0 Å². The lowest BCUT2D eigenvalue weighted by atomic mass is 10.1. The van der Waals surface area contributed by atoms with Crippen LogP contribution >= 0.6 is 11.8 Å². The van der Waals surface area contributed by atoms with E-state index >= 15 is 0 Å². The Morgan fingerprint density at radius 3 is 2.76 bits per heavy atom. The average molecular weight is 249 g/mol. The second kappa shape index (κ2) is 5.25. The normalized spacial score (nSPS) is 12.4. The van der Waals surface area contributed by atoms with Crippen molar-refractivity contribution in [3.05, 3.63) is 48.2 Å². The highest BCUT2D eigenvalue weighted by Crippen LogP contribution is 2.29. The molecule has 88 valence electrons. The second-order valence-electron chi connectivity index (χ2n) is 3.62. The summed E-state index contributed by atoms with van der Waals surface area (Å²) in [5, 5.41) is 0.667. The summed E-state index contributed by atoms with van der Waals surface area (Å²) in [6.07, 6.45) is 4.76. The molecule has 2 aromatic rings. The molecule has 0 spiro atoms. The number of nitrogens with two attached hydrogens (primary N) is 1. The molecule has 2 N–H and O–H groups in total. The van der Waals surface area contributed by atoms with E-state index in [1.807, 2.05) is 13.0 Å². The first-order valence-electron chi connectivity index (χ1n) is 5.15. The Morgan fingerprint density at radius 2 is 2.18 bits per heavy atom. The van der Waals surface area contributed by atoms with E-state index in [0.717, 1.165) is 5.56 Å². The third kappa shape index (κ3) is 3.01. The van der Waals surface area contributed by atoms with Gasteiger partial charge in [0.1, 0.15) is 10.8 Å². The Labute approximate surface area is 103 Å². The lowest BCUT2D eigenvalue weighted by molar-refractivity contribution is 0.596. The number of nitrogens with zero attached hydrogens (tertiary/aromatic N) is 2. The van der Waals surface area contributed by atoms with Crippen LogP contribution in [0.3, 0.4) is 0 Å². The monoisotopic (exact) mass is 249 g/mol. The van der Waals surface area contributed by atoms with Crippen LogP contribution in [-0.2, 0) is 0 Å². The van der Waals surface area contributed by atoms with Crippen molar-refractivity contribution in [2.45, 2.75) is 22.9 Å². The van der Waals surface area contributed by atoms with Crippen molar-refractivity contribution in [1.29, 1.82) is 0 Å². The van der Waals surface area contributed by atoms with Crippen LogP contribution in [0.25, 0.3) is 0 Å². The number of aromatic nitrogens is 2. The fraction of sp³-hybridized carbons (Fsp3) is 0.167.